The predicted octanol–water partition coefficient (Wildman–Crippen LogP) is 0.940. The van der Waals surface area contributed by atoms with E-state index < -0.39 is 17.9 Å². The third kappa shape index (κ3) is 2.95. The minimum atomic E-state index is -1.09. The van der Waals surface area contributed by atoms with Crippen LogP contribution in [0.2, 0.25) is 0 Å². The molecule has 2 rings (SSSR count). The number of carbonyl (C=O) groups is 2. The largest absolute Gasteiger partial charge is 0.480 e. The summed E-state index contributed by atoms with van der Waals surface area (Å²) in [7, 11) is 0. The van der Waals surface area contributed by atoms with Crippen LogP contribution in [-0.2, 0) is 4.79 Å². The van der Waals surface area contributed by atoms with Gasteiger partial charge in [-0.25, -0.2) is 0 Å². The number of rotatable bonds is 4. The highest BCUT2D eigenvalue weighted by Crippen LogP contribution is 2.16. The van der Waals surface area contributed by atoms with Gasteiger partial charge in [0.2, 0.25) is 12.3 Å². The van der Waals surface area contributed by atoms with Gasteiger partial charge in [-0.3, -0.25) is 9.59 Å². The van der Waals surface area contributed by atoms with E-state index >= 15 is 0 Å². The number of carbonyl (C=O) groups excluding carboxylic acids is 1. The summed E-state index contributed by atoms with van der Waals surface area (Å²) in [6.07, 6.45) is 1.21. The molecule has 98 valence electrons. The molecule has 7 heteroatoms. The van der Waals surface area contributed by atoms with Gasteiger partial charge in [0.25, 0.3) is 5.91 Å². The highest BCUT2D eigenvalue weighted by Gasteiger charge is 2.15. The summed E-state index contributed by atoms with van der Waals surface area (Å²) in [5.41, 5.74) is 1.04. The molecule has 2 aromatic rings. The van der Waals surface area contributed by atoms with Gasteiger partial charge in [0.1, 0.15) is 6.04 Å². The first-order valence-corrected chi connectivity index (χ1v) is 5.48. The molecule has 0 radical (unpaired) electrons. The number of aliphatic carboxylic acids is 1. The van der Waals surface area contributed by atoms with Crippen molar-refractivity contribution in [2.24, 2.45) is 0 Å². The van der Waals surface area contributed by atoms with Gasteiger partial charge in [-0.15, -0.1) is 10.2 Å². The Labute approximate surface area is 108 Å². The Morgan fingerprint density at radius 1 is 1.32 bits per heavy atom. The van der Waals surface area contributed by atoms with Crippen molar-refractivity contribution in [1.82, 2.24) is 15.5 Å². The normalized spacial score (nSPS) is 11.8. The number of carboxylic acid groups (broad SMARTS) is 1. The van der Waals surface area contributed by atoms with E-state index in [9.17, 15) is 9.59 Å². The van der Waals surface area contributed by atoms with E-state index in [0.717, 1.165) is 0 Å². The lowest BCUT2D eigenvalue weighted by Crippen LogP contribution is -2.38. The zero-order valence-corrected chi connectivity index (χ0v) is 10.0. The SMILES string of the molecule is C[C@@H](NC(=O)c1ccc(-c2nnco2)cc1)C(=O)O. The Morgan fingerprint density at radius 3 is 2.53 bits per heavy atom. The first-order chi connectivity index (χ1) is 9.08. The minimum Gasteiger partial charge on any atom is -0.480 e. The molecule has 19 heavy (non-hydrogen) atoms. The molecular formula is C12H11N3O4. The summed E-state index contributed by atoms with van der Waals surface area (Å²) in [4.78, 5) is 22.4. The number of hydrogen-bond acceptors (Lipinski definition) is 5. The van der Waals surface area contributed by atoms with Crippen LogP contribution in [0.15, 0.2) is 35.1 Å². The number of carboxylic acids is 1. The molecule has 1 amide bonds. The second-order valence-corrected chi connectivity index (χ2v) is 3.85. The number of aromatic nitrogens is 2. The summed E-state index contributed by atoms with van der Waals surface area (Å²) >= 11 is 0. The van der Waals surface area contributed by atoms with Crippen molar-refractivity contribution in [2.45, 2.75) is 13.0 Å². The van der Waals surface area contributed by atoms with Crippen LogP contribution in [0, 0.1) is 0 Å². The van der Waals surface area contributed by atoms with Gasteiger partial charge in [0, 0.05) is 11.1 Å². The molecule has 0 aliphatic carbocycles. The highest BCUT2D eigenvalue weighted by atomic mass is 16.4. The number of nitrogens with zero attached hydrogens (tertiary/aromatic N) is 2. The molecule has 0 fully saturated rings. The first kappa shape index (κ1) is 12.7. The Bertz CT molecular complexity index is 578. The van der Waals surface area contributed by atoms with Crippen LogP contribution < -0.4 is 5.32 Å². The maximum Gasteiger partial charge on any atom is 0.325 e. The van der Waals surface area contributed by atoms with E-state index in [1.165, 1.54) is 13.3 Å². The number of nitrogens with one attached hydrogen (secondary N) is 1. The van der Waals surface area contributed by atoms with Crippen LogP contribution in [0.1, 0.15) is 17.3 Å². The molecule has 0 spiro atoms. The van der Waals surface area contributed by atoms with Crippen molar-refractivity contribution < 1.29 is 19.1 Å². The molecule has 2 N–H and O–H groups in total. The average molecular weight is 261 g/mol. The standard InChI is InChI=1S/C12H11N3O4/c1-7(12(17)18)14-10(16)8-2-4-9(5-3-8)11-15-13-6-19-11/h2-7H,1H3,(H,14,16)(H,17,18)/t7-/m1/s1. The van der Waals surface area contributed by atoms with Crippen LogP contribution in [-0.4, -0.2) is 33.2 Å². The Balaban J connectivity index is 2.10. The molecule has 1 heterocycles. The summed E-state index contributed by atoms with van der Waals surface area (Å²) in [5.74, 6) is -1.19. The molecule has 0 bridgehead atoms. The fraction of sp³-hybridized carbons (Fsp3) is 0.167. The van der Waals surface area contributed by atoms with Crippen LogP contribution in [0.4, 0.5) is 0 Å². The van der Waals surface area contributed by atoms with Crippen LogP contribution in [0.3, 0.4) is 0 Å². The van der Waals surface area contributed by atoms with Gasteiger partial charge < -0.3 is 14.8 Å². The zero-order chi connectivity index (χ0) is 13.8. The van der Waals surface area contributed by atoms with Crippen molar-refractivity contribution in [3.8, 4) is 11.5 Å². The van der Waals surface area contributed by atoms with Crippen molar-refractivity contribution in [1.29, 1.82) is 0 Å². The van der Waals surface area contributed by atoms with Gasteiger partial charge in [-0.2, -0.15) is 0 Å². The lowest BCUT2D eigenvalue weighted by atomic mass is 10.1. The summed E-state index contributed by atoms with van der Waals surface area (Å²) in [6, 6.07) is 5.47. The molecule has 0 aliphatic heterocycles. The van der Waals surface area contributed by atoms with Gasteiger partial charge >= 0.3 is 5.97 Å². The van der Waals surface area contributed by atoms with Crippen molar-refractivity contribution >= 4 is 11.9 Å². The van der Waals surface area contributed by atoms with E-state index in [2.05, 4.69) is 15.5 Å². The molecule has 0 unspecified atom stereocenters. The average Bonchev–Trinajstić information content (AvgIpc) is 2.92. The second-order valence-electron chi connectivity index (χ2n) is 3.85. The Kier molecular flexibility index (Phi) is 3.56. The molecule has 0 saturated carbocycles. The van der Waals surface area contributed by atoms with Crippen molar-refractivity contribution in [2.75, 3.05) is 0 Å². The van der Waals surface area contributed by atoms with E-state index in [4.69, 9.17) is 9.52 Å². The Morgan fingerprint density at radius 2 is 2.00 bits per heavy atom. The van der Waals surface area contributed by atoms with E-state index in [0.29, 0.717) is 17.0 Å². The smallest absolute Gasteiger partial charge is 0.325 e. The summed E-state index contributed by atoms with van der Waals surface area (Å²) in [6.45, 7) is 1.40. The third-order valence-electron chi connectivity index (χ3n) is 2.47. The zero-order valence-electron chi connectivity index (χ0n) is 10.0. The highest BCUT2D eigenvalue weighted by molar-refractivity contribution is 5.96. The first-order valence-electron chi connectivity index (χ1n) is 5.48. The van der Waals surface area contributed by atoms with Crippen LogP contribution in [0.25, 0.3) is 11.5 Å². The fourth-order valence-electron chi connectivity index (χ4n) is 1.40. The number of hydrogen-bond donors (Lipinski definition) is 2. The molecule has 0 saturated heterocycles. The van der Waals surface area contributed by atoms with E-state index in [-0.39, 0.29) is 0 Å². The second kappa shape index (κ2) is 5.30. The molecule has 0 aliphatic rings. The molecule has 1 aromatic carbocycles. The maximum absolute atomic E-state index is 11.7. The lowest BCUT2D eigenvalue weighted by Gasteiger charge is -2.09. The third-order valence-corrected chi connectivity index (χ3v) is 2.47. The van der Waals surface area contributed by atoms with E-state index in [1.807, 2.05) is 0 Å². The van der Waals surface area contributed by atoms with Gasteiger partial charge in [-0.05, 0) is 31.2 Å². The van der Waals surface area contributed by atoms with Crippen molar-refractivity contribution in [3.63, 3.8) is 0 Å². The molecule has 7 nitrogen and oxygen atoms in total. The lowest BCUT2D eigenvalue weighted by molar-refractivity contribution is -0.138. The monoisotopic (exact) mass is 261 g/mol. The van der Waals surface area contributed by atoms with E-state index in [1.54, 1.807) is 24.3 Å². The summed E-state index contributed by atoms with van der Waals surface area (Å²) in [5, 5.41) is 18.4. The van der Waals surface area contributed by atoms with Crippen LogP contribution >= 0.6 is 0 Å². The fourth-order valence-corrected chi connectivity index (χ4v) is 1.40. The summed E-state index contributed by atoms with van der Waals surface area (Å²) < 4.78 is 5.02. The predicted molar refractivity (Wildman–Crippen MR) is 64.3 cm³/mol. The quantitative estimate of drug-likeness (QED) is 0.848. The minimum absolute atomic E-state index is 0.353. The van der Waals surface area contributed by atoms with Crippen LogP contribution in [0.5, 0.6) is 0 Å². The maximum atomic E-state index is 11.7. The van der Waals surface area contributed by atoms with Gasteiger partial charge in [0.15, 0.2) is 0 Å². The Hall–Kier alpha value is -2.70. The molecule has 1 atom stereocenters. The van der Waals surface area contributed by atoms with Gasteiger partial charge in [-0.1, -0.05) is 0 Å². The molecular weight excluding hydrogens is 250 g/mol. The topological polar surface area (TPSA) is 105 Å². The van der Waals surface area contributed by atoms with Crippen molar-refractivity contribution in [3.05, 3.63) is 36.2 Å². The number of benzene rings is 1. The van der Waals surface area contributed by atoms with Gasteiger partial charge in [0.05, 0.1) is 0 Å². The number of amides is 1. The molecule has 1 aromatic heterocycles.